The van der Waals surface area contributed by atoms with Crippen molar-refractivity contribution in [2.24, 2.45) is 0 Å². The highest BCUT2D eigenvalue weighted by atomic mass is 16.5. The van der Waals surface area contributed by atoms with Crippen LogP contribution in [0.3, 0.4) is 0 Å². The summed E-state index contributed by atoms with van der Waals surface area (Å²) in [6.45, 7) is 2.61. The summed E-state index contributed by atoms with van der Waals surface area (Å²) in [5.74, 6) is -1.02. The molecule has 1 fully saturated rings. The van der Waals surface area contributed by atoms with E-state index in [9.17, 15) is 14.7 Å². The van der Waals surface area contributed by atoms with E-state index in [0.29, 0.717) is 23.5 Å². The predicted molar refractivity (Wildman–Crippen MR) is 138 cm³/mol. The van der Waals surface area contributed by atoms with Crippen molar-refractivity contribution >= 4 is 17.4 Å². The minimum atomic E-state index is -0.763. The molecule has 7 nitrogen and oxygen atoms in total. The topological polar surface area (TPSA) is 92.6 Å². The van der Waals surface area contributed by atoms with Gasteiger partial charge in [-0.3, -0.25) is 19.6 Å². The van der Waals surface area contributed by atoms with Crippen molar-refractivity contribution in [3.8, 4) is 5.75 Å². The van der Waals surface area contributed by atoms with E-state index in [0.717, 1.165) is 16.7 Å². The molecule has 0 bridgehead atoms. The van der Waals surface area contributed by atoms with Gasteiger partial charge in [-0.2, -0.15) is 0 Å². The predicted octanol–water partition coefficient (Wildman–Crippen LogP) is 4.99. The molecule has 0 saturated carbocycles. The standard InChI is InChI=1S/C30H25N3O4/c1-20-4-2-5-21(16-20)19-37-25-9-7-24(8-10-25)28(34)26-27(23-11-14-31-15-12-23)33(30(36)29(26)35)18-22-6-3-13-32-17-22/h2-17,27,34H,18-19H2,1H3/b28-26+. The van der Waals surface area contributed by atoms with Gasteiger partial charge in [0.1, 0.15) is 18.1 Å². The molecule has 1 saturated heterocycles. The molecule has 1 N–H and O–H groups in total. The SMILES string of the molecule is Cc1cccc(COc2ccc(/C(O)=C3\C(=O)C(=O)N(Cc4cccnc4)C3c3ccncc3)cc2)c1. The number of aromatic nitrogens is 2. The second kappa shape index (κ2) is 10.5. The fourth-order valence-corrected chi connectivity index (χ4v) is 4.46. The number of Topliss-reactive ketones (excluding diaryl/α,β-unsaturated/α-hetero) is 1. The number of nitrogens with zero attached hydrogens (tertiary/aromatic N) is 3. The molecule has 2 aromatic carbocycles. The van der Waals surface area contributed by atoms with Gasteiger partial charge in [0.2, 0.25) is 0 Å². The Kier molecular flexibility index (Phi) is 6.76. The van der Waals surface area contributed by atoms with Crippen LogP contribution in [0.5, 0.6) is 5.75 Å². The van der Waals surface area contributed by atoms with Gasteiger partial charge in [0.05, 0.1) is 11.6 Å². The van der Waals surface area contributed by atoms with Gasteiger partial charge in [0.25, 0.3) is 11.7 Å². The second-order valence-electron chi connectivity index (χ2n) is 8.87. The highest BCUT2D eigenvalue weighted by molar-refractivity contribution is 6.46. The second-order valence-corrected chi connectivity index (χ2v) is 8.87. The number of pyridine rings is 2. The summed E-state index contributed by atoms with van der Waals surface area (Å²) in [6, 6.07) is 21.2. The first-order valence-electron chi connectivity index (χ1n) is 11.9. The van der Waals surface area contributed by atoms with E-state index in [2.05, 4.69) is 16.0 Å². The molecule has 0 radical (unpaired) electrons. The van der Waals surface area contributed by atoms with Crippen LogP contribution in [-0.2, 0) is 22.7 Å². The van der Waals surface area contributed by atoms with E-state index >= 15 is 0 Å². The van der Waals surface area contributed by atoms with Gasteiger partial charge in [-0.25, -0.2) is 0 Å². The van der Waals surface area contributed by atoms with Gasteiger partial charge in [-0.05, 0) is 66.1 Å². The molecule has 184 valence electrons. The minimum absolute atomic E-state index is 0.0357. The van der Waals surface area contributed by atoms with Crippen LogP contribution in [0, 0.1) is 6.92 Å². The normalized spacial score (nSPS) is 16.7. The zero-order chi connectivity index (χ0) is 25.8. The molecule has 2 aromatic heterocycles. The third-order valence-electron chi connectivity index (χ3n) is 6.25. The first kappa shape index (κ1) is 23.9. The summed E-state index contributed by atoms with van der Waals surface area (Å²) in [4.78, 5) is 35.9. The maximum absolute atomic E-state index is 13.2. The molecule has 1 amide bonds. The van der Waals surface area contributed by atoms with Crippen LogP contribution in [0.15, 0.2) is 103 Å². The molecule has 0 aliphatic carbocycles. The van der Waals surface area contributed by atoms with E-state index in [-0.39, 0.29) is 17.9 Å². The summed E-state index contributed by atoms with van der Waals surface area (Å²) in [5.41, 5.74) is 4.12. The van der Waals surface area contributed by atoms with E-state index in [4.69, 9.17) is 4.74 Å². The Hall–Kier alpha value is -4.78. The summed E-state index contributed by atoms with van der Waals surface area (Å²) >= 11 is 0. The number of carbonyl (C=O) groups is 2. The van der Waals surface area contributed by atoms with Gasteiger partial charge in [0.15, 0.2) is 0 Å². The fourth-order valence-electron chi connectivity index (χ4n) is 4.46. The largest absolute Gasteiger partial charge is 0.507 e. The first-order chi connectivity index (χ1) is 18.0. The smallest absolute Gasteiger partial charge is 0.295 e. The first-order valence-corrected chi connectivity index (χ1v) is 11.9. The van der Waals surface area contributed by atoms with Crippen molar-refractivity contribution in [3.63, 3.8) is 0 Å². The maximum atomic E-state index is 13.2. The van der Waals surface area contributed by atoms with Crippen molar-refractivity contribution in [1.29, 1.82) is 0 Å². The van der Waals surface area contributed by atoms with Crippen LogP contribution in [0.4, 0.5) is 0 Å². The van der Waals surface area contributed by atoms with Crippen LogP contribution in [-0.4, -0.2) is 31.7 Å². The van der Waals surface area contributed by atoms with Crippen LogP contribution in [0.2, 0.25) is 0 Å². The fraction of sp³-hybridized carbons (Fsp3) is 0.133. The zero-order valence-corrected chi connectivity index (χ0v) is 20.2. The molecular formula is C30H25N3O4. The Morgan fingerprint density at radius 1 is 0.919 bits per heavy atom. The van der Waals surface area contributed by atoms with Crippen LogP contribution in [0.1, 0.15) is 33.9 Å². The Labute approximate surface area is 214 Å². The lowest BCUT2D eigenvalue weighted by Crippen LogP contribution is -2.29. The highest BCUT2D eigenvalue weighted by Gasteiger charge is 2.46. The van der Waals surface area contributed by atoms with Crippen LogP contribution >= 0.6 is 0 Å². The van der Waals surface area contributed by atoms with E-state index in [1.54, 1.807) is 67.3 Å². The quantitative estimate of drug-likeness (QED) is 0.223. The third kappa shape index (κ3) is 5.11. The number of carbonyl (C=O) groups excluding carboxylic acids is 2. The van der Waals surface area contributed by atoms with Gasteiger partial charge in [0, 0.05) is 36.9 Å². The number of benzene rings is 2. The summed E-state index contributed by atoms with van der Waals surface area (Å²) in [6.07, 6.45) is 6.49. The summed E-state index contributed by atoms with van der Waals surface area (Å²) in [7, 11) is 0. The Morgan fingerprint density at radius 2 is 1.68 bits per heavy atom. The number of aliphatic hydroxyl groups is 1. The van der Waals surface area contributed by atoms with E-state index in [1.165, 1.54) is 4.90 Å². The molecule has 4 aromatic rings. The van der Waals surface area contributed by atoms with Gasteiger partial charge >= 0.3 is 0 Å². The lowest BCUT2D eigenvalue weighted by atomic mass is 9.96. The Balaban J connectivity index is 1.45. The van der Waals surface area contributed by atoms with Crippen molar-refractivity contribution < 1.29 is 19.4 Å². The molecule has 7 heteroatoms. The summed E-state index contributed by atoms with van der Waals surface area (Å²) in [5, 5.41) is 11.3. The average molecular weight is 492 g/mol. The van der Waals surface area contributed by atoms with E-state index < -0.39 is 17.7 Å². The van der Waals surface area contributed by atoms with Crippen LogP contribution < -0.4 is 4.74 Å². The average Bonchev–Trinajstić information content (AvgIpc) is 3.18. The zero-order valence-electron chi connectivity index (χ0n) is 20.2. The number of rotatable bonds is 7. The van der Waals surface area contributed by atoms with Crippen molar-refractivity contribution in [3.05, 3.63) is 131 Å². The van der Waals surface area contributed by atoms with Gasteiger partial charge in [-0.1, -0.05) is 35.9 Å². The third-order valence-corrected chi connectivity index (χ3v) is 6.25. The van der Waals surface area contributed by atoms with Crippen molar-refractivity contribution in [2.45, 2.75) is 26.1 Å². The van der Waals surface area contributed by atoms with Crippen molar-refractivity contribution in [2.75, 3.05) is 0 Å². The molecule has 1 unspecified atom stereocenters. The molecule has 1 aliphatic heterocycles. The number of aryl methyl sites for hydroxylation is 1. The molecule has 5 rings (SSSR count). The maximum Gasteiger partial charge on any atom is 0.295 e. The monoisotopic (exact) mass is 491 g/mol. The Bertz CT molecular complexity index is 1450. The molecule has 1 aliphatic rings. The van der Waals surface area contributed by atoms with Gasteiger partial charge < -0.3 is 14.7 Å². The number of ketones is 1. The molecule has 0 spiro atoms. The molecule has 1 atom stereocenters. The lowest BCUT2D eigenvalue weighted by Gasteiger charge is -2.25. The number of aliphatic hydroxyl groups excluding tert-OH is 1. The minimum Gasteiger partial charge on any atom is -0.507 e. The number of hydrogen-bond acceptors (Lipinski definition) is 6. The Morgan fingerprint density at radius 3 is 2.38 bits per heavy atom. The molecule has 37 heavy (non-hydrogen) atoms. The lowest BCUT2D eigenvalue weighted by molar-refractivity contribution is -0.140. The van der Waals surface area contributed by atoms with E-state index in [1.807, 2.05) is 31.2 Å². The molecule has 3 heterocycles. The number of hydrogen-bond donors (Lipinski definition) is 1. The van der Waals surface area contributed by atoms with Crippen molar-refractivity contribution in [1.82, 2.24) is 14.9 Å². The highest BCUT2D eigenvalue weighted by Crippen LogP contribution is 2.40. The van der Waals surface area contributed by atoms with Gasteiger partial charge in [-0.15, -0.1) is 0 Å². The number of ether oxygens (including phenoxy) is 1. The van der Waals surface area contributed by atoms with Crippen LogP contribution in [0.25, 0.3) is 5.76 Å². The molecular weight excluding hydrogens is 466 g/mol. The number of amides is 1. The summed E-state index contributed by atoms with van der Waals surface area (Å²) < 4.78 is 5.88. The number of likely N-dealkylation sites (tertiary alicyclic amines) is 1.